The van der Waals surface area contributed by atoms with Crippen molar-refractivity contribution in [2.24, 2.45) is 5.92 Å². The van der Waals surface area contributed by atoms with Crippen molar-refractivity contribution >= 4 is 29.3 Å². The van der Waals surface area contributed by atoms with Crippen LogP contribution in [-0.4, -0.2) is 26.4 Å². The quantitative estimate of drug-likeness (QED) is 0.568. The van der Waals surface area contributed by atoms with Crippen LogP contribution in [0.5, 0.6) is 0 Å². The molecule has 2 heterocycles. The SMILES string of the molecule is CC(C)Cn1c(SCC(=O)NCc2ccco2)nnc1-c1ccc(Cl)cc1. The molecule has 3 rings (SSSR count). The maximum absolute atomic E-state index is 12.1. The number of nitrogens with one attached hydrogen (secondary N) is 1. The molecule has 142 valence electrons. The highest BCUT2D eigenvalue weighted by atomic mass is 35.5. The summed E-state index contributed by atoms with van der Waals surface area (Å²) in [4.78, 5) is 12.1. The van der Waals surface area contributed by atoms with E-state index in [0.29, 0.717) is 17.5 Å². The number of thioether (sulfide) groups is 1. The average Bonchev–Trinajstić information content (AvgIpc) is 3.29. The van der Waals surface area contributed by atoms with Crippen LogP contribution in [0, 0.1) is 5.92 Å². The van der Waals surface area contributed by atoms with Crippen LogP contribution in [0.2, 0.25) is 5.02 Å². The Labute approximate surface area is 167 Å². The van der Waals surface area contributed by atoms with Gasteiger partial charge in [-0.1, -0.05) is 37.2 Å². The van der Waals surface area contributed by atoms with E-state index in [1.807, 2.05) is 30.3 Å². The first-order valence-electron chi connectivity index (χ1n) is 8.64. The summed E-state index contributed by atoms with van der Waals surface area (Å²) in [5.74, 6) is 2.10. The number of carbonyl (C=O) groups is 1. The molecule has 3 aromatic rings. The molecule has 0 radical (unpaired) electrons. The molecule has 0 atom stereocenters. The van der Waals surface area contributed by atoms with E-state index in [9.17, 15) is 4.79 Å². The van der Waals surface area contributed by atoms with Gasteiger partial charge >= 0.3 is 0 Å². The fraction of sp³-hybridized carbons (Fsp3) is 0.316. The number of hydrogen-bond acceptors (Lipinski definition) is 5. The van der Waals surface area contributed by atoms with Gasteiger partial charge in [0.25, 0.3) is 0 Å². The van der Waals surface area contributed by atoms with Crippen molar-refractivity contribution in [3.63, 3.8) is 0 Å². The zero-order chi connectivity index (χ0) is 19.2. The van der Waals surface area contributed by atoms with Crippen LogP contribution in [0.4, 0.5) is 0 Å². The van der Waals surface area contributed by atoms with Crippen LogP contribution >= 0.6 is 23.4 Å². The van der Waals surface area contributed by atoms with Gasteiger partial charge in [-0.25, -0.2) is 0 Å². The Morgan fingerprint density at radius 2 is 2.04 bits per heavy atom. The van der Waals surface area contributed by atoms with Crippen molar-refractivity contribution in [1.29, 1.82) is 0 Å². The van der Waals surface area contributed by atoms with Crippen molar-refractivity contribution < 1.29 is 9.21 Å². The van der Waals surface area contributed by atoms with Gasteiger partial charge in [0.15, 0.2) is 11.0 Å². The number of aromatic nitrogens is 3. The predicted octanol–water partition coefficient (Wildman–Crippen LogP) is 4.26. The molecule has 0 fully saturated rings. The van der Waals surface area contributed by atoms with Crippen LogP contribution < -0.4 is 5.32 Å². The zero-order valence-electron chi connectivity index (χ0n) is 15.2. The summed E-state index contributed by atoms with van der Waals surface area (Å²) in [5.41, 5.74) is 0.946. The van der Waals surface area contributed by atoms with Gasteiger partial charge in [0.1, 0.15) is 5.76 Å². The molecule has 27 heavy (non-hydrogen) atoms. The Morgan fingerprint density at radius 3 is 2.70 bits per heavy atom. The highest BCUT2D eigenvalue weighted by Gasteiger charge is 2.16. The Hall–Kier alpha value is -2.25. The Morgan fingerprint density at radius 1 is 1.26 bits per heavy atom. The van der Waals surface area contributed by atoms with Gasteiger partial charge in [0, 0.05) is 17.1 Å². The fourth-order valence-corrected chi connectivity index (χ4v) is 3.42. The smallest absolute Gasteiger partial charge is 0.230 e. The molecule has 0 aliphatic carbocycles. The van der Waals surface area contributed by atoms with Gasteiger partial charge in [-0.3, -0.25) is 4.79 Å². The lowest BCUT2D eigenvalue weighted by molar-refractivity contribution is -0.118. The first kappa shape index (κ1) is 19.5. The fourth-order valence-electron chi connectivity index (χ4n) is 2.52. The van der Waals surface area contributed by atoms with Gasteiger partial charge in [0.05, 0.1) is 18.6 Å². The summed E-state index contributed by atoms with van der Waals surface area (Å²) in [6, 6.07) is 11.1. The second-order valence-corrected chi connectivity index (χ2v) is 7.84. The number of rotatable bonds is 8. The Bertz CT molecular complexity index is 876. The Kier molecular flexibility index (Phi) is 6.58. The number of benzene rings is 1. The number of furan rings is 1. The highest BCUT2D eigenvalue weighted by molar-refractivity contribution is 7.99. The monoisotopic (exact) mass is 404 g/mol. The minimum absolute atomic E-state index is 0.0801. The molecular weight excluding hydrogens is 384 g/mol. The molecule has 0 aliphatic heterocycles. The molecule has 1 N–H and O–H groups in total. The van der Waals surface area contributed by atoms with E-state index >= 15 is 0 Å². The molecule has 8 heteroatoms. The largest absolute Gasteiger partial charge is 0.467 e. The van der Waals surface area contributed by atoms with Gasteiger partial charge in [-0.05, 0) is 42.3 Å². The van der Waals surface area contributed by atoms with E-state index in [2.05, 4.69) is 33.9 Å². The molecule has 0 saturated heterocycles. The van der Waals surface area contributed by atoms with E-state index < -0.39 is 0 Å². The first-order valence-corrected chi connectivity index (χ1v) is 10.0. The van der Waals surface area contributed by atoms with E-state index in [4.69, 9.17) is 16.0 Å². The maximum Gasteiger partial charge on any atom is 0.230 e. The highest BCUT2D eigenvalue weighted by Crippen LogP contribution is 2.26. The third kappa shape index (κ3) is 5.37. The second kappa shape index (κ2) is 9.10. The lowest BCUT2D eigenvalue weighted by Gasteiger charge is -2.12. The molecule has 0 aliphatic rings. The summed E-state index contributed by atoms with van der Waals surface area (Å²) in [7, 11) is 0. The number of nitrogens with zero attached hydrogens (tertiary/aromatic N) is 3. The second-order valence-electron chi connectivity index (χ2n) is 6.46. The molecular formula is C19H21ClN4O2S. The van der Waals surface area contributed by atoms with E-state index in [0.717, 1.165) is 28.8 Å². The van der Waals surface area contributed by atoms with Crippen molar-refractivity contribution in [2.45, 2.75) is 32.1 Å². The topological polar surface area (TPSA) is 73.0 Å². The minimum atomic E-state index is -0.0801. The van der Waals surface area contributed by atoms with Gasteiger partial charge in [-0.15, -0.1) is 10.2 Å². The number of amides is 1. The van der Waals surface area contributed by atoms with Crippen molar-refractivity contribution in [3.8, 4) is 11.4 Å². The van der Waals surface area contributed by atoms with Crippen LogP contribution in [0.3, 0.4) is 0 Å². The third-order valence-corrected chi connectivity index (χ3v) is 4.96. The number of halogens is 1. The zero-order valence-corrected chi connectivity index (χ0v) is 16.8. The van der Waals surface area contributed by atoms with Gasteiger partial charge in [0.2, 0.25) is 5.91 Å². The predicted molar refractivity (Wildman–Crippen MR) is 107 cm³/mol. The van der Waals surface area contributed by atoms with Gasteiger partial charge < -0.3 is 14.3 Å². The Balaban J connectivity index is 1.68. The van der Waals surface area contributed by atoms with Gasteiger partial charge in [-0.2, -0.15) is 0 Å². The standard InChI is InChI=1S/C19H21ClN4O2S/c1-13(2)11-24-18(14-5-7-15(20)8-6-14)22-23-19(24)27-12-17(25)21-10-16-4-3-9-26-16/h3-9,13H,10-12H2,1-2H3,(H,21,25). The van der Waals surface area contributed by atoms with Crippen molar-refractivity contribution in [1.82, 2.24) is 20.1 Å². The molecule has 2 aromatic heterocycles. The van der Waals surface area contributed by atoms with E-state index in [-0.39, 0.29) is 11.7 Å². The van der Waals surface area contributed by atoms with E-state index in [1.54, 1.807) is 12.3 Å². The normalized spacial score (nSPS) is 11.1. The molecule has 0 unspecified atom stereocenters. The lowest BCUT2D eigenvalue weighted by Crippen LogP contribution is -2.24. The first-order chi connectivity index (χ1) is 13.0. The lowest BCUT2D eigenvalue weighted by atomic mass is 10.2. The summed E-state index contributed by atoms with van der Waals surface area (Å²) in [6.07, 6.45) is 1.59. The molecule has 1 aromatic carbocycles. The van der Waals surface area contributed by atoms with E-state index in [1.165, 1.54) is 11.8 Å². The number of hydrogen-bond donors (Lipinski definition) is 1. The summed E-state index contributed by atoms with van der Waals surface area (Å²) in [6.45, 7) is 5.41. The maximum atomic E-state index is 12.1. The summed E-state index contributed by atoms with van der Waals surface area (Å²) in [5, 5.41) is 12.9. The van der Waals surface area contributed by atoms with Crippen molar-refractivity contribution in [2.75, 3.05) is 5.75 Å². The molecule has 0 spiro atoms. The molecule has 0 bridgehead atoms. The summed E-state index contributed by atoms with van der Waals surface area (Å²) >= 11 is 7.36. The minimum Gasteiger partial charge on any atom is -0.467 e. The average molecular weight is 405 g/mol. The van der Waals surface area contributed by atoms with Crippen LogP contribution in [0.1, 0.15) is 19.6 Å². The molecule has 1 amide bonds. The third-order valence-electron chi connectivity index (χ3n) is 3.74. The molecule has 0 saturated carbocycles. The summed E-state index contributed by atoms with van der Waals surface area (Å²) < 4.78 is 7.27. The number of carbonyl (C=O) groups excluding carboxylic acids is 1. The van der Waals surface area contributed by atoms with Crippen LogP contribution in [0.15, 0.2) is 52.2 Å². The van der Waals surface area contributed by atoms with Crippen molar-refractivity contribution in [3.05, 3.63) is 53.4 Å². The van der Waals surface area contributed by atoms with Crippen LogP contribution in [0.25, 0.3) is 11.4 Å². The van der Waals surface area contributed by atoms with Crippen LogP contribution in [-0.2, 0) is 17.9 Å². The molecule has 6 nitrogen and oxygen atoms in total.